The molecular formula is C6H8Br2O4. The summed E-state index contributed by atoms with van der Waals surface area (Å²) in [4.78, 5) is 22.0. The zero-order valence-electron chi connectivity index (χ0n) is 6.60. The smallest absolute Gasteiger partial charge is 0.345 e. The molecule has 0 atom stereocenters. The molecule has 6 heteroatoms. The van der Waals surface area contributed by atoms with Crippen molar-refractivity contribution in [3.8, 4) is 0 Å². The summed E-state index contributed by atoms with van der Waals surface area (Å²) in [7, 11) is 1.18. The minimum Gasteiger partial charge on any atom is -0.467 e. The standard InChI is InChI=1S/C6H8Br2O4/c1-3-12-5(10)6(7,8)4(9)11-2/h3H2,1-2H3. The van der Waals surface area contributed by atoms with Crippen molar-refractivity contribution in [1.82, 2.24) is 0 Å². The second-order valence-corrected chi connectivity index (χ2v) is 5.23. The van der Waals surface area contributed by atoms with Gasteiger partial charge < -0.3 is 9.47 Å². The minimum absolute atomic E-state index is 0.203. The first-order valence-electron chi connectivity index (χ1n) is 3.10. The van der Waals surface area contributed by atoms with E-state index in [1.54, 1.807) is 6.92 Å². The van der Waals surface area contributed by atoms with Crippen molar-refractivity contribution in [3.05, 3.63) is 0 Å². The zero-order valence-corrected chi connectivity index (χ0v) is 9.77. The number of carbonyl (C=O) groups is 2. The normalized spacial score (nSPS) is 10.7. The van der Waals surface area contributed by atoms with Crippen molar-refractivity contribution < 1.29 is 19.1 Å². The lowest BCUT2D eigenvalue weighted by molar-refractivity contribution is -0.152. The Morgan fingerprint density at radius 2 is 1.83 bits per heavy atom. The highest BCUT2D eigenvalue weighted by Gasteiger charge is 2.43. The summed E-state index contributed by atoms with van der Waals surface area (Å²) in [5.74, 6) is -1.47. The summed E-state index contributed by atoms with van der Waals surface area (Å²) in [5.41, 5.74) is 0. The van der Waals surface area contributed by atoms with Crippen LogP contribution in [-0.2, 0) is 19.1 Å². The maximum atomic E-state index is 11.0. The van der Waals surface area contributed by atoms with Crippen molar-refractivity contribution in [2.45, 2.75) is 10.2 Å². The van der Waals surface area contributed by atoms with E-state index in [0.29, 0.717) is 0 Å². The lowest BCUT2D eigenvalue weighted by Gasteiger charge is -2.14. The molecule has 0 bridgehead atoms. The van der Waals surface area contributed by atoms with E-state index in [1.807, 2.05) is 0 Å². The summed E-state index contributed by atoms with van der Waals surface area (Å²) >= 11 is 5.68. The van der Waals surface area contributed by atoms with E-state index >= 15 is 0 Å². The van der Waals surface area contributed by atoms with Gasteiger partial charge in [0.05, 0.1) is 13.7 Å². The second-order valence-electron chi connectivity index (χ2n) is 1.79. The number of alkyl halides is 2. The molecule has 0 rings (SSSR count). The molecule has 0 aliphatic heterocycles. The van der Waals surface area contributed by atoms with Crippen LogP contribution >= 0.6 is 31.9 Å². The zero-order chi connectivity index (χ0) is 9.78. The predicted molar refractivity (Wildman–Crippen MR) is 49.2 cm³/mol. The van der Waals surface area contributed by atoms with E-state index in [2.05, 4.69) is 41.3 Å². The largest absolute Gasteiger partial charge is 0.467 e. The molecule has 0 saturated heterocycles. The summed E-state index contributed by atoms with van der Waals surface area (Å²) in [6.45, 7) is 1.85. The van der Waals surface area contributed by atoms with Gasteiger partial charge in [-0.1, -0.05) is 0 Å². The third-order valence-electron chi connectivity index (χ3n) is 0.974. The number of esters is 2. The van der Waals surface area contributed by atoms with Gasteiger partial charge in [-0.15, -0.1) is 0 Å². The summed E-state index contributed by atoms with van der Waals surface area (Å²) in [5, 5.41) is 0. The second kappa shape index (κ2) is 4.81. The van der Waals surface area contributed by atoms with Crippen molar-refractivity contribution in [2.75, 3.05) is 13.7 Å². The van der Waals surface area contributed by atoms with Crippen LogP contribution < -0.4 is 0 Å². The highest BCUT2D eigenvalue weighted by atomic mass is 79.9. The first-order valence-corrected chi connectivity index (χ1v) is 4.68. The SMILES string of the molecule is CCOC(=O)C(Br)(Br)C(=O)OC. The van der Waals surface area contributed by atoms with Gasteiger partial charge in [-0.2, -0.15) is 0 Å². The number of ether oxygens (including phenoxy) is 2. The Hall–Kier alpha value is -0.100. The average Bonchev–Trinajstić information content (AvgIpc) is 2.03. The van der Waals surface area contributed by atoms with Crippen LogP contribution in [0.4, 0.5) is 0 Å². The number of halogens is 2. The molecule has 0 aliphatic carbocycles. The van der Waals surface area contributed by atoms with Gasteiger partial charge in [-0.3, -0.25) is 0 Å². The van der Waals surface area contributed by atoms with Gasteiger partial charge in [0, 0.05) is 0 Å². The fraction of sp³-hybridized carbons (Fsp3) is 0.667. The number of carbonyl (C=O) groups excluding carboxylic acids is 2. The highest BCUT2D eigenvalue weighted by Crippen LogP contribution is 2.29. The molecule has 0 aromatic rings. The molecule has 4 nitrogen and oxygen atoms in total. The molecule has 0 aliphatic rings. The van der Waals surface area contributed by atoms with Crippen LogP contribution in [0.5, 0.6) is 0 Å². The average molecular weight is 304 g/mol. The van der Waals surface area contributed by atoms with E-state index in [0.717, 1.165) is 0 Å². The van der Waals surface area contributed by atoms with Crippen molar-refractivity contribution >= 4 is 43.8 Å². The van der Waals surface area contributed by atoms with Gasteiger partial charge in [0.25, 0.3) is 3.23 Å². The fourth-order valence-electron chi connectivity index (χ4n) is 0.433. The van der Waals surface area contributed by atoms with E-state index in [9.17, 15) is 9.59 Å². The molecule has 0 aromatic heterocycles. The summed E-state index contributed by atoms with van der Waals surface area (Å²) in [6.07, 6.45) is 0. The van der Waals surface area contributed by atoms with E-state index in [-0.39, 0.29) is 6.61 Å². The molecular weight excluding hydrogens is 296 g/mol. The molecule has 70 valence electrons. The maximum Gasteiger partial charge on any atom is 0.345 e. The molecule has 0 unspecified atom stereocenters. The van der Waals surface area contributed by atoms with Crippen LogP contribution in [0.1, 0.15) is 6.92 Å². The van der Waals surface area contributed by atoms with Gasteiger partial charge in [0.15, 0.2) is 0 Å². The quantitative estimate of drug-likeness (QED) is 0.447. The Balaban J connectivity index is 4.38. The van der Waals surface area contributed by atoms with E-state index < -0.39 is 15.2 Å². The van der Waals surface area contributed by atoms with Crippen LogP contribution in [0.3, 0.4) is 0 Å². The van der Waals surface area contributed by atoms with Gasteiger partial charge in [-0.05, 0) is 38.8 Å². The molecule has 0 heterocycles. The number of hydrogen-bond donors (Lipinski definition) is 0. The van der Waals surface area contributed by atoms with Crippen LogP contribution in [0, 0.1) is 0 Å². The Morgan fingerprint density at radius 1 is 1.33 bits per heavy atom. The lowest BCUT2D eigenvalue weighted by Crippen LogP contribution is -2.36. The number of methoxy groups -OCH3 is 1. The monoisotopic (exact) mass is 302 g/mol. The first-order chi connectivity index (χ1) is 5.46. The molecule has 0 spiro atoms. The molecule has 0 amide bonds. The Labute approximate surface area is 86.8 Å². The summed E-state index contributed by atoms with van der Waals surface area (Å²) < 4.78 is 7.37. The van der Waals surface area contributed by atoms with Crippen molar-refractivity contribution in [2.24, 2.45) is 0 Å². The van der Waals surface area contributed by atoms with Crippen molar-refractivity contribution in [3.63, 3.8) is 0 Å². The molecule has 12 heavy (non-hydrogen) atoms. The Kier molecular flexibility index (Phi) is 4.77. The molecule has 0 fully saturated rings. The van der Waals surface area contributed by atoms with Crippen LogP contribution in [0.25, 0.3) is 0 Å². The molecule has 0 N–H and O–H groups in total. The molecule has 0 saturated carbocycles. The number of hydrogen-bond acceptors (Lipinski definition) is 4. The number of rotatable bonds is 3. The van der Waals surface area contributed by atoms with Crippen LogP contribution in [-0.4, -0.2) is 28.9 Å². The molecule has 0 aromatic carbocycles. The minimum atomic E-state index is -1.58. The third-order valence-corrected chi connectivity index (χ3v) is 2.27. The fourth-order valence-corrected chi connectivity index (χ4v) is 0.986. The highest BCUT2D eigenvalue weighted by molar-refractivity contribution is 9.26. The van der Waals surface area contributed by atoms with E-state index in [4.69, 9.17) is 0 Å². The Bertz CT molecular complexity index is 190. The summed E-state index contributed by atoms with van der Waals surface area (Å²) in [6, 6.07) is 0. The van der Waals surface area contributed by atoms with Gasteiger partial charge in [0.2, 0.25) is 0 Å². The predicted octanol–water partition coefficient (Wildman–Crippen LogP) is 1.21. The van der Waals surface area contributed by atoms with Crippen molar-refractivity contribution in [1.29, 1.82) is 0 Å². The molecule has 0 radical (unpaired) electrons. The van der Waals surface area contributed by atoms with Gasteiger partial charge in [-0.25, -0.2) is 9.59 Å². The third kappa shape index (κ3) is 2.75. The van der Waals surface area contributed by atoms with E-state index in [1.165, 1.54) is 7.11 Å². The first kappa shape index (κ1) is 11.9. The van der Waals surface area contributed by atoms with Gasteiger partial charge >= 0.3 is 11.9 Å². The maximum absolute atomic E-state index is 11.0. The Morgan fingerprint density at radius 3 is 2.17 bits per heavy atom. The van der Waals surface area contributed by atoms with Crippen LogP contribution in [0.2, 0.25) is 0 Å². The van der Waals surface area contributed by atoms with Gasteiger partial charge in [0.1, 0.15) is 0 Å². The van der Waals surface area contributed by atoms with Crippen LogP contribution in [0.15, 0.2) is 0 Å². The lowest BCUT2D eigenvalue weighted by atomic mass is 10.4. The topological polar surface area (TPSA) is 52.6 Å².